The predicted octanol–water partition coefficient (Wildman–Crippen LogP) is 3.08. The number of carbonyl (C=O) groups excluding carboxylic acids is 3. The molecule has 6 nitrogen and oxygen atoms in total. The van der Waals surface area contributed by atoms with Crippen LogP contribution in [0.25, 0.3) is 0 Å². The van der Waals surface area contributed by atoms with E-state index in [0.717, 1.165) is 0 Å². The van der Waals surface area contributed by atoms with E-state index in [4.69, 9.17) is 0 Å². The Morgan fingerprint density at radius 3 is 1.85 bits per heavy atom. The van der Waals surface area contributed by atoms with E-state index in [1.807, 2.05) is 5.38 Å². The van der Waals surface area contributed by atoms with Crippen molar-refractivity contribution in [1.82, 2.24) is 10.9 Å². The molecule has 0 fully saturated rings. The Morgan fingerprint density at radius 2 is 1.27 bits per heavy atom. The van der Waals surface area contributed by atoms with Crippen LogP contribution >= 0.6 is 11.3 Å². The summed E-state index contributed by atoms with van der Waals surface area (Å²) in [5.74, 6) is -1.06. The second-order valence-electron chi connectivity index (χ2n) is 5.28. The molecular weight excluding hydrogens is 350 g/mol. The summed E-state index contributed by atoms with van der Waals surface area (Å²) < 4.78 is 0. The molecule has 3 aromatic rings. The largest absolute Gasteiger partial charge is 0.321 e. The van der Waals surface area contributed by atoms with Gasteiger partial charge in [-0.05, 0) is 47.8 Å². The second kappa shape index (κ2) is 8.09. The third-order valence-corrected chi connectivity index (χ3v) is 4.34. The fourth-order valence-electron chi connectivity index (χ4n) is 2.15. The molecule has 130 valence electrons. The second-order valence-corrected chi connectivity index (χ2v) is 6.23. The lowest BCUT2D eigenvalue weighted by Crippen LogP contribution is -2.41. The van der Waals surface area contributed by atoms with Crippen LogP contribution in [0.5, 0.6) is 0 Å². The summed E-state index contributed by atoms with van der Waals surface area (Å²) in [5.41, 5.74) is 6.09. The van der Waals surface area contributed by atoms with Crippen molar-refractivity contribution in [3.05, 3.63) is 88.1 Å². The minimum absolute atomic E-state index is 0.202. The molecule has 0 saturated heterocycles. The fourth-order valence-corrected chi connectivity index (χ4v) is 2.77. The van der Waals surface area contributed by atoms with Crippen LogP contribution in [0.15, 0.2) is 72.1 Å². The van der Waals surface area contributed by atoms with E-state index < -0.39 is 11.8 Å². The Labute approximate surface area is 153 Å². The Morgan fingerprint density at radius 1 is 0.654 bits per heavy atom. The summed E-state index contributed by atoms with van der Waals surface area (Å²) in [7, 11) is 0. The van der Waals surface area contributed by atoms with E-state index >= 15 is 0 Å². The van der Waals surface area contributed by atoms with Crippen molar-refractivity contribution in [3.8, 4) is 0 Å². The van der Waals surface area contributed by atoms with Gasteiger partial charge in [-0.3, -0.25) is 25.2 Å². The first-order chi connectivity index (χ1) is 12.6. The molecule has 1 aromatic heterocycles. The van der Waals surface area contributed by atoms with Crippen molar-refractivity contribution in [2.24, 2.45) is 0 Å². The predicted molar refractivity (Wildman–Crippen MR) is 100 cm³/mol. The number of hydrazine groups is 1. The number of benzene rings is 2. The third-order valence-electron chi connectivity index (χ3n) is 3.48. The molecule has 0 atom stereocenters. The Balaban J connectivity index is 1.55. The van der Waals surface area contributed by atoms with Crippen molar-refractivity contribution in [3.63, 3.8) is 0 Å². The van der Waals surface area contributed by atoms with Gasteiger partial charge in [0.1, 0.15) is 0 Å². The maximum Gasteiger partial charge on any atom is 0.269 e. The van der Waals surface area contributed by atoms with Crippen LogP contribution < -0.4 is 16.2 Å². The number of anilines is 1. The van der Waals surface area contributed by atoms with Crippen LogP contribution in [-0.2, 0) is 0 Å². The van der Waals surface area contributed by atoms with E-state index in [2.05, 4.69) is 16.2 Å². The average molecular weight is 365 g/mol. The van der Waals surface area contributed by atoms with E-state index in [1.54, 1.807) is 66.7 Å². The number of hydrogen-bond donors (Lipinski definition) is 3. The monoisotopic (exact) mass is 365 g/mol. The summed E-state index contributed by atoms with van der Waals surface area (Å²) in [4.78, 5) is 36.6. The molecule has 0 aliphatic rings. The Kier molecular flexibility index (Phi) is 5.40. The van der Waals surface area contributed by atoms with Gasteiger partial charge in [0.05, 0.1) is 4.88 Å². The summed E-state index contributed by atoms with van der Waals surface area (Å²) in [6.07, 6.45) is 0. The smallest absolute Gasteiger partial charge is 0.269 e. The maximum absolute atomic E-state index is 12.1. The summed E-state index contributed by atoms with van der Waals surface area (Å²) >= 11 is 1.35. The molecule has 0 spiro atoms. The number of carbonyl (C=O) groups is 3. The first kappa shape index (κ1) is 17.4. The van der Waals surface area contributed by atoms with Gasteiger partial charge in [0.2, 0.25) is 0 Å². The molecule has 0 radical (unpaired) electrons. The molecule has 26 heavy (non-hydrogen) atoms. The molecule has 0 aliphatic carbocycles. The van der Waals surface area contributed by atoms with Crippen LogP contribution in [0.4, 0.5) is 5.69 Å². The topological polar surface area (TPSA) is 87.3 Å². The normalized spacial score (nSPS) is 10.0. The highest BCUT2D eigenvalue weighted by Crippen LogP contribution is 2.14. The SMILES string of the molecule is O=C(NNC(=O)c1ccc(NC(=O)c2cccs2)cc1)c1ccccc1. The zero-order valence-electron chi connectivity index (χ0n) is 13.6. The van der Waals surface area contributed by atoms with Crippen molar-refractivity contribution in [2.75, 3.05) is 5.32 Å². The van der Waals surface area contributed by atoms with Gasteiger partial charge < -0.3 is 5.32 Å². The number of nitrogens with one attached hydrogen (secondary N) is 3. The van der Waals surface area contributed by atoms with Crippen molar-refractivity contribution in [2.45, 2.75) is 0 Å². The van der Waals surface area contributed by atoms with E-state index in [0.29, 0.717) is 21.7 Å². The van der Waals surface area contributed by atoms with Crippen LogP contribution in [0.1, 0.15) is 30.4 Å². The lowest BCUT2D eigenvalue weighted by Gasteiger charge is -2.08. The molecule has 0 saturated carbocycles. The highest BCUT2D eigenvalue weighted by molar-refractivity contribution is 7.12. The van der Waals surface area contributed by atoms with Crippen LogP contribution in [0, 0.1) is 0 Å². The molecule has 3 rings (SSSR count). The zero-order valence-corrected chi connectivity index (χ0v) is 14.4. The van der Waals surface area contributed by atoms with Crippen LogP contribution in [-0.4, -0.2) is 17.7 Å². The lowest BCUT2D eigenvalue weighted by atomic mass is 10.2. The molecule has 7 heteroatoms. The first-order valence-corrected chi connectivity index (χ1v) is 8.62. The number of hydrogen-bond acceptors (Lipinski definition) is 4. The lowest BCUT2D eigenvalue weighted by molar-refractivity contribution is 0.0846. The van der Waals surface area contributed by atoms with Gasteiger partial charge in [-0.25, -0.2) is 0 Å². The summed E-state index contributed by atoms with van der Waals surface area (Å²) in [6.45, 7) is 0. The van der Waals surface area contributed by atoms with E-state index in [-0.39, 0.29) is 5.91 Å². The van der Waals surface area contributed by atoms with Crippen LogP contribution in [0.2, 0.25) is 0 Å². The minimum atomic E-state index is -0.453. The molecule has 0 unspecified atom stereocenters. The molecule has 1 heterocycles. The maximum atomic E-state index is 12.1. The standard InChI is InChI=1S/C19H15N3O3S/c23-17(13-5-2-1-3-6-13)21-22-18(24)14-8-10-15(11-9-14)20-19(25)16-7-4-12-26-16/h1-12H,(H,20,25)(H,21,23)(H,22,24). The number of thiophene rings is 1. The fraction of sp³-hybridized carbons (Fsp3) is 0. The first-order valence-electron chi connectivity index (χ1n) is 7.74. The molecule has 2 aromatic carbocycles. The van der Waals surface area contributed by atoms with Crippen LogP contribution in [0.3, 0.4) is 0 Å². The Bertz CT molecular complexity index is 907. The van der Waals surface area contributed by atoms with Gasteiger partial charge in [-0.15, -0.1) is 11.3 Å². The van der Waals surface area contributed by atoms with Gasteiger partial charge in [0, 0.05) is 16.8 Å². The highest BCUT2D eigenvalue weighted by atomic mass is 32.1. The molecule has 3 N–H and O–H groups in total. The summed E-state index contributed by atoms with van der Waals surface area (Å²) in [5, 5.41) is 4.58. The Hall–Kier alpha value is -3.45. The molecular formula is C19H15N3O3S. The van der Waals surface area contributed by atoms with Crippen molar-refractivity contribution >= 4 is 34.7 Å². The summed E-state index contributed by atoms with van der Waals surface area (Å²) in [6, 6.07) is 18.5. The average Bonchev–Trinajstić information content (AvgIpc) is 3.22. The van der Waals surface area contributed by atoms with Gasteiger partial charge in [-0.2, -0.15) is 0 Å². The quantitative estimate of drug-likeness (QED) is 0.621. The van der Waals surface area contributed by atoms with E-state index in [9.17, 15) is 14.4 Å². The molecule has 0 aliphatic heterocycles. The number of rotatable bonds is 4. The van der Waals surface area contributed by atoms with Gasteiger partial charge >= 0.3 is 0 Å². The third kappa shape index (κ3) is 4.34. The van der Waals surface area contributed by atoms with Crippen molar-refractivity contribution in [1.29, 1.82) is 0 Å². The zero-order chi connectivity index (χ0) is 18.4. The van der Waals surface area contributed by atoms with Crippen molar-refractivity contribution < 1.29 is 14.4 Å². The van der Waals surface area contributed by atoms with Gasteiger partial charge in [0.15, 0.2) is 0 Å². The van der Waals surface area contributed by atoms with Gasteiger partial charge in [0.25, 0.3) is 17.7 Å². The molecule has 3 amide bonds. The van der Waals surface area contributed by atoms with E-state index in [1.165, 1.54) is 11.3 Å². The molecule has 0 bridgehead atoms. The highest BCUT2D eigenvalue weighted by Gasteiger charge is 2.10. The van der Waals surface area contributed by atoms with Gasteiger partial charge in [-0.1, -0.05) is 24.3 Å². The number of amides is 3. The minimum Gasteiger partial charge on any atom is -0.321 e.